The van der Waals surface area contributed by atoms with E-state index in [1.807, 2.05) is 24.3 Å². The Kier molecular flexibility index (Phi) is 5.88. The predicted octanol–water partition coefficient (Wildman–Crippen LogP) is 4.47. The number of rotatable bonds is 5. The number of ketones is 1. The molecular weight excluding hydrogens is 384 g/mol. The van der Waals surface area contributed by atoms with E-state index in [9.17, 15) is 4.79 Å². The summed E-state index contributed by atoms with van der Waals surface area (Å²) in [6.07, 6.45) is 5.26. The van der Waals surface area contributed by atoms with Gasteiger partial charge in [0.25, 0.3) is 0 Å². The number of nitrogens with two attached hydrogens (primary N) is 1. The Hall–Kier alpha value is -2.76. The second-order valence-corrected chi connectivity index (χ2v) is 7.85. The summed E-state index contributed by atoms with van der Waals surface area (Å²) in [4.78, 5) is 23.4. The molecule has 0 spiro atoms. The van der Waals surface area contributed by atoms with Gasteiger partial charge < -0.3 is 5.73 Å². The summed E-state index contributed by atoms with van der Waals surface area (Å²) in [6.45, 7) is 2.63. The summed E-state index contributed by atoms with van der Waals surface area (Å²) in [6, 6.07) is 15.5. The lowest BCUT2D eigenvalue weighted by atomic mass is 9.88. The van der Waals surface area contributed by atoms with Gasteiger partial charge in [-0.2, -0.15) is 0 Å². The molecule has 0 atom stereocenters. The average molecular weight is 407 g/mol. The van der Waals surface area contributed by atoms with E-state index < -0.39 is 0 Å². The van der Waals surface area contributed by atoms with Crippen LogP contribution >= 0.6 is 11.6 Å². The van der Waals surface area contributed by atoms with E-state index >= 15 is 0 Å². The lowest BCUT2D eigenvalue weighted by Gasteiger charge is -2.31. The highest BCUT2D eigenvalue weighted by Crippen LogP contribution is 2.27. The van der Waals surface area contributed by atoms with Gasteiger partial charge >= 0.3 is 0 Å². The number of anilines is 1. The molecule has 2 N–H and O–H groups in total. The number of benzene rings is 2. The molecular formula is C23H23ClN4O. The third-order valence-corrected chi connectivity index (χ3v) is 5.73. The van der Waals surface area contributed by atoms with Crippen molar-refractivity contribution in [3.63, 3.8) is 0 Å². The quantitative estimate of drug-likeness (QED) is 0.632. The maximum atomic E-state index is 12.8. The van der Waals surface area contributed by atoms with E-state index in [1.165, 1.54) is 5.56 Å². The largest absolute Gasteiger partial charge is 0.368 e. The first-order chi connectivity index (χ1) is 14.1. The van der Waals surface area contributed by atoms with Gasteiger partial charge in [-0.1, -0.05) is 35.9 Å². The Labute approximate surface area is 175 Å². The van der Waals surface area contributed by atoms with Crippen molar-refractivity contribution in [3.8, 4) is 11.1 Å². The van der Waals surface area contributed by atoms with Crippen LogP contribution in [0.15, 0.2) is 60.9 Å². The fourth-order valence-electron chi connectivity index (χ4n) is 3.86. The Morgan fingerprint density at radius 1 is 1.03 bits per heavy atom. The van der Waals surface area contributed by atoms with E-state index in [4.69, 9.17) is 17.3 Å². The molecule has 0 saturated carbocycles. The molecule has 148 valence electrons. The van der Waals surface area contributed by atoms with Crippen LogP contribution in [0.2, 0.25) is 5.02 Å². The minimum absolute atomic E-state index is 0.0770. The number of carbonyl (C=O) groups excluding carboxylic acids is 1. The molecule has 1 saturated heterocycles. The molecule has 0 amide bonds. The van der Waals surface area contributed by atoms with Crippen LogP contribution in [0.5, 0.6) is 0 Å². The molecule has 6 heteroatoms. The first-order valence-corrected chi connectivity index (χ1v) is 10.2. The molecule has 4 rings (SSSR count). The van der Waals surface area contributed by atoms with Crippen LogP contribution in [0.25, 0.3) is 11.1 Å². The van der Waals surface area contributed by atoms with Crippen LogP contribution in [0, 0.1) is 5.92 Å². The zero-order chi connectivity index (χ0) is 20.2. The fourth-order valence-corrected chi connectivity index (χ4v) is 3.99. The summed E-state index contributed by atoms with van der Waals surface area (Å²) < 4.78 is 0. The van der Waals surface area contributed by atoms with Crippen LogP contribution in [0.3, 0.4) is 0 Å². The van der Waals surface area contributed by atoms with Gasteiger partial charge in [0.15, 0.2) is 5.78 Å². The molecule has 1 aliphatic rings. The topological polar surface area (TPSA) is 72.1 Å². The van der Waals surface area contributed by atoms with E-state index in [2.05, 4.69) is 27.0 Å². The SMILES string of the molecule is Nc1ncc(-c2ccccc2CN2CCC(C(=O)c3ccc(Cl)cc3)CC2)cn1. The standard InChI is InChI=1S/C23H23ClN4O/c24-20-7-5-16(6-8-20)22(29)17-9-11-28(12-10-17)15-18-3-1-2-4-21(18)19-13-26-23(25)27-14-19/h1-8,13-14,17H,9-12,15H2,(H2,25,26,27). The predicted molar refractivity (Wildman–Crippen MR) is 116 cm³/mol. The number of halogens is 1. The van der Waals surface area contributed by atoms with Crippen LogP contribution < -0.4 is 5.73 Å². The number of nitrogens with zero attached hydrogens (tertiary/aromatic N) is 3. The van der Waals surface area contributed by atoms with E-state index in [1.54, 1.807) is 24.5 Å². The molecule has 5 nitrogen and oxygen atoms in total. The van der Waals surface area contributed by atoms with E-state index in [0.717, 1.165) is 49.2 Å². The second-order valence-electron chi connectivity index (χ2n) is 7.41. The Balaban J connectivity index is 1.41. The van der Waals surface area contributed by atoms with Crippen LogP contribution in [0.4, 0.5) is 5.95 Å². The highest BCUT2D eigenvalue weighted by molar-refractivity contribution is 6.30. The summed E-state index contributed by atoms with van der Waals surface area (Å²) in [5.74, 6) is 0.576. The van der Waals surface area contributed by atoms with Crippen molar-refractivity contribution < 1.29 is 4.79 Å². The maximum Gasteiger partial charge on any atom is 0.219 e. The molecule has 0 unspecified atom stereocenters. The third-order valence-electron chi connectivity index (χ3n) is 5.48. The normalized spacial score (nSPS) is 15.3. The monoisotopic (exact) mass is 406 g/mol. The smallest absolute Gasteiger partial charge is 0.219 e. The van der Waals surface area contributed by atoms with Crippen LogP contribution in [0.1, 0.15) is 28.8 Å². The molecule has 2 aromatic carbocycles. The van der Waals surface area contributed by atoms with Crippen LogP contribution in [-0.4, -0.2) is 33.7 Å². The number of carbonyl (C=O) groups is 1. The number of hydrogen-bond acceptors (Lipinski definition) is 5. The highest BCUT2D eigenvalue weighted by atomic mass is 35.5. The third kappa shape index (κ3) is 4.63. The molecule has 0 aliphatic carbocycles. The van der Waals surface area contributed by atoms with Gasteiger partial charge in [0.1, 0.15) is 0 Å². The summed E-state index contributed by atoms with van der Waals surface area (Å²) in [5.41, 5.74) is 9.67. The minimum Gasteiger partial charge on any atom is -0.368 e. The van der Waals surface area contributed by atoms with Gasteiger partial charge in [0.2, 0.25) is 5.95 Å². The lowest BCUT2D eigenvalue weighted by Crippen LogP contribution is -2.36. The average Bonchev–Trinajstić information content (AvgIpc) is 2.75. The summed E-state index contributed by atoms with van der Waals surface area (Å²) >= 11 is 5.93. The molecule has 3 aromatic rings. The van der Waals surface area contributed by atoms with Crippen molar-refractivity contribution in [2.45, 2.75) is 19.4 Å². The van der Waals surface area contributed by atoms with Gasteiger partial charge in [-0.3, -0.25) is 9.69 Å². The highest BCUT2D eigenvalue weighted by Gasteiger charge is 2.26. The Morgan fingerprint density at radius 2 is 1.69 bits per heavy atom. The molecule has 29 heavy (non-hydrogen) atoms. The number of Topliss-reactive ketones (excluding diaryl/α,β-unsaturated/α-hetero) is 1. The number of piperidine rings is 1. The van der Waals surface area contributed by atoms with Gasteiger partial charge in [-0.05, 0) is 61.3 Å². The van der Waals surface area contributed by atoms with E-state index in [0.29, 0.717) is 5.02 Å². The first kappa shape index (κ1) is 19.6. The maximum absolute atomic E-state index is 12.8. The molecule has 1 aromatic heterocycles. The van der Waals surface area contributed by atoms with Gasteiger partial charge in [0.05, 0.1) is 0 Å². The second kappa shape index (κ2) is 8.72. The molecule has 2 heterocycles. The molecule has 0 radical (unpaired) electrons. The zero-order valence-corrected chi connectivity index (χ0v) is 16.8. The van der Waals surface area contributed by atoms with Crippen molar-refractivity contribution in [2.24, 2.45) is 5.92 Å². The Morgan fingerprint density at radius 3 is 2.38 bits per heavy atom. The first-order valence-electron chi connectivity index (χ1n) is 9.78. The zero-order valence-electron chi connectivity index (χ0n) is 16.1. The molecule has 1 fully saturated rings. The van der Waals surface area contributed by atoms with Crippen molar-refractivity contribution in [3.05, 3.63) is 77.1 Å². The minimum atomic E-state index is 0.0770. The lowest BCUT2D eigenvalue weighted by molar-refractivity contribution is 0.0835. The van der Waals surface area contributed by atoms with Crippen molar-refractivity contribution in [1.29, 1.82) is 0 Å². The molecule has 0 bridgehead atoms. The van der Waals surface area contributed by atoms with Crippen molar-refractivity contribution >= 4 is 23.3 Å². The number of likely N-dealkylation sites (tertiary alicyclic amines) is 1. The number of nitrogen functional groups attached to an aromatic ring is 1. The summed E-state index contributed by atoms with van der Waals surface area (Å²) in [7, 11) is 0. The number of hydrogen-bond donors (Lipinski definition) is 1. The van der Waals surface area contributed by atoms with Gasteiger partial charge in [-0.25, -0.2) is 9.97 Å². The van der Waals surface area contributed by atoms with Gasteiger partial charge in [0, 0.05) is 41.0 Å². The number of aromatic nitrogens is 2. The molecule has 1 aliphatic heterocycles. The Bertz CT molecular complexity index is 981. The van der Waals surface area contributed by atoms with Crippen LogP contribution in [-0.2, 0) is 6.54 Å². The summed E-state index contributed by atoms with van der Waals surface area (Å²) in [5, 5.41) is 0.654. The van der Waals surface area contributed by atoms with Gasteiger partial charge in [-0.15, -0.1) is 0 Å². The van der Waals surface area contributed by atoms with E-state index in [-0.39, 0.29) is 17.6 Å². The fraction of sp³-hybridized carbons (Fsp3) is 0.261. The van der Waals surface area contributed by atoms with Crippen molar-refractivity contribution in [1.82, 2.24) is 14.9 Å². The van der Waals surface area contributed by atoms with Crippen molar-refractivity contribution in [2.75, 3.05) is 18.8 Å².